The molecular weight excluding hydrogens is 538 g/mol. The average Bonchev–Trinajstić information content (AvgIpc) is 3.40. The van der Waals surface area contributed by atoms with Crippen molar-refractivity contribution in [3.8, 4) is 11.5 Å². The van der Waals surface area contributed by atoms with Crippen molar-refractivity contribution in [3.63, 3.8) is 0 Å². The summed E-state index contributed by atoms with van der Waals surface area (Å²) in [6.07, 6.45) is 6.41. The fraction of sp³-hybridized carbons (Fsp3) is 0.406. The minimum absolute atomic E-state index is 0.0948. The van der Waals surface area contributed by atoms with E-state index in [1.165, 1.54) is 0 Å². The van der Waals surface area contributed by atoms with Crippen LogP contribution in [0.15, 0.2) is 72.5 Å². The maximum absolute atomic E-state index is 13.2. The number of amides is 3. The third-order valence-corrected chi connectivity index (χ3v) is 6.57. The highest BCUT2D eigenvalue weighted by Crippen LogP contribution is 2.32. The van der Waals surface area contributed by atoms with Gasteiger partial charge in [-0.1, -0.05) is 48.6 Å². The largest absolute Gasteiger partial charge is 0.454 e. The molecule has 2 aliphatic rings. The summed E-state index contributed by atoms with van der Waals surface area (Å²) < 4.78 is 21.8. The van der Waals surface area contributed by atoms with E-state index in [4.69, 9.17) is 18.9 Å². The number of ether oxygens (including phenoxy) is 4. The van der Waals surface area contributed by atoms with Gasteiger partial charge in [0.25, 0.3) is 0 Å². The third-order valence-electron chi connectivity index (χ3n) is 6.57. The fourth-order valence-electron chi connectivity index (χ4n) is 4.59. The van der Waals surface area contributed by atoms with Crippen LogP contribution in [0.2, 0.25) is 0 Å². The van der Waals surface area contributed by atoms with Crippen molar-refractivity contribution in [1.29, 1.82) is 0 Å². The van der Waals surface area contributed by atoms with Gasteiger partial charge in [-0.2, -0.15) is 0 Å². The smallest absolute Gasteiger partial charge is 0.412 e. The number of fused-ring (bicyclic) bond motifs is 1. The molecule has 224 valence electrons. The summed E-state index contributed by atoms with van der Waals surface area (Å²) in [5.74, 6) is 1.62. The zero-order valence-corrected chi connectivity index (χ0v) is 24.3. The molecule has 1 unspecified atom stereocenters. The van der Waals surface area contributed by atoms with Crippen molar-refractivity contribution in [2.24, 2.45) is 0 Å². The first kappa shape index (κ1) is 30.5. The number of carbonyl (C=O) groups is 3. The van der Waals surface area contributed by atoms with E-state index in [9.17, 15) is 14.4 Å². The molecule has 10 heteroatoms. The summed E-state index contributed by atoms with van der Waals surface area (Å²) in [6, 6.07) is 13.7. The van der Waals surface area contributed by atoms with Crippen LogP contribution in [0, 0.1) is 0 Å². The van der Waals surface area contributed by atoms with Gasteiger partial charge in [-0.3, -0.25) is 4.79 Å². The molecule has 0 fully saturated rings. The number of hydrogen-bond donors (Lipinski definition) is 3. The highest BCUT2D eigenvalue weighted by Gasteiger charge is 2.30. The van der Waals surface area contributed by atoms with Crippen molar-refractivity contribution in [2.45, 2.75) is 70.6 Å². The number of nitrogens with one attached hydrogen (secondary N) is 3. The first-order chi connectivity index (χ1) is 20.1. The molecule has 2 atom stereocenters. The molecule has 1 aliphatic heterocycles. The minimum Gasteiger partial charge on any atom is -0.454 e. The molecule has 2 aromatic carbocycles. The quantitative estimate of drug-likeness (QED) is 0.346. The van der Waals surface area contributed by atoms with Gasteiger partial charge in [-0.05, 0) is 69.4 Å². The van der Waals surface area contributed by atoms with E-state index < -0.39 is 29.9 Å². The number of rotatable bonds is 11. The zero-order valence-electron chi connectivity index (χ0n) is 24.3. The van der Waals surface area contributed by atoms with Gasteiger partial charge in [0.05, 0.1) is 12.1 Å². The van der Waals surface area contributed by atoms with Crippen LogP contribution >= 0.6 is 0 Å². The van der Waals surface area contributed by atoms with Crippen molar-refractivity contribution in [2.75, 3.05) is 13.3 Å². The van der Waals surface area contributed by atoms with Gasteiger partial charge >= 0.3 is 12.2 Å². The van der Waals surface area contributed by atoms with Crippen LogP contribution in [0.4, 0.5) is 9.59 Å². The Morgan fingerprint density at radius 3 is 2.43 bits per heavy atom. The summed E-state index contributed by atoms with van der Waals surface area (Å²) in [5, 5.41) is 8.64. The molecule has 10 nitrogen and oxygen atoms in total. The second-order valence-corrected chi connectivity index (χ2v) is 11.2. The van der Waals surface area contributed by atoms with Crippen LogP contribution in [-0.2, 0) is 27.1 Å². The lowest BCUT2D eigenvalue weighted by Gasteiger charge is -2.30. The Hall–Kier alpha value is -4.47. The molecule has 2 aromatic rings. The van der Waals surface area contributed by atoms with E-state index in [0.717, 1.165) is 17.5 Å². The van der Waals surface area contributed by atoms with E-state index in [0.29, 0.717) is 43.1 Å². The first-order valence-electron chi connectivity index (χ1n) is 14.2. The molecule has 0 spiro atoms. The lowest BCUT2D eigenvalue weighted by atomic mass is 9.96. The number of alkyl carbamates (subject to hydrolysis) is 2. The Morgan fingerprint density at radius 2 is 1.69 bits per heavy atom. The summed E-state index contributed by atoms with van der Waals surface area (Å²) in [5.41, 5.74) is 1.18. The predicted octanol–water partition coefficient (Wildman–Crippen LogP) is 4.93. The lowest BCUT2D eigenvalue weighted by molar-refractivity contribution is -0.121. The van der Waals surface area contributed by atoms with Gasteiger partial charge in [0.2, 0.25) is 12.7 Å². The van der Waals surface area contributed by atoms with Gasteiger partial charge in [0.15, 0.2) is 11.5 Å². The van der Waals surface area contributed by atoms with Crippen LogP contribution < -0.4 is 25.4 Å². The van der Waals surface area contributed by atoms with Crippen LogP contribution in [-0.4, -0.2) is 49.1 Å². The maximum atomic E-state index is 13.2. The topological polar surface area (TPSA) is 124 Å². The second-order valence-electron chi connectivity index (χ2n) is 11.2. The van der Waals surface area contributed by atoms with Crippen molar-refractivity contribution >= 4 is 18.1 Å². The Kier molecular flexibility index (Phi) is 10.5. The Labute approximate surface area is 246 Å². The number of benzene rings is 2. The first-order valence-corrected chi connectivity index (χ1v) is 14.2. The van der Waals surface area contributed by atoms with Crippen molar-refractivity contribution < 1.29 is 33.3 Å². The number of carbonyl (C=O) groups excluding carboxylic acids is 3. The van der Waals surface area contributed by atoms with E-state index in [2.05, 4.69) is 16.0 Å². The predicted molar refractivity (Wildman–Crippen MR) is 157 cm³/mol. The summed E-state index contributed by atoms with van der Waals surface area (Å²) in [7, 11) is 0. The SMILES string of the molecule is CC(C)(C)OC(=O)NC(Cc1ccccc1)[C@H](CC(=O)NCCc1ccc2c(c1)OCO2)NC(=O)OC1=CC=CCC1. The average molecular weight is 578 g/mol. The van der Waals surface area contributed by atoms with Crippen LogP contribution in [0.25, 0.3) is 0 Å². The Morgan fingerprint density at radius 1 is 0.929 bits per heavy atom. The van der Waals surface area contributed by atoms with E-state index in [1.807, 2.05) is 60.7 Å². The van der Waals surface area contributed by atoms with Crippen LogP contribution in [0.1, 0.15) is 51.2 Å². The normalized spacial score (nSPS) is 15.2. The van der Waals surface area contributed by atoms with Crippen molar-refractivity contribution in [3.05, 3.63) is 83.6 Å². The van der Waals surface area contributed by atoms with Crippen LogP contribution in [0.5, 0.6) is 11.5 Å². The standard InChI is InChI=1S/C32H39N3O7/c1-32(2,3)42-31(38)35-25(18-22-10-6-4-7-11-22)26(34-30(37)41-24-12-8-5-9-13-24)20-29(36)33-17-16-23-14-15-27-28(19-23)40-21-39-27/h4-8,10-12,14-15,19,25-26H,9,13,16-18,20-21H2,1-3H3,(H,33,36)(H,34,37)(H,35,38)/t25?,26-/m0/s1. The van der Waals surface area contributed by atoms with E-state index >= 15 is 0 Å². The highest BCUT2D eigenvalue weighted by atomic mass is 16.7. The lowest BCUT2D eigenvalue weighted by Crippen LogP contribution is -2.55. The molecule has 42 heavy (non-hydrogen) atoms. The molecule has 0 saturated carbocycles. The Bertz CT molecular complexity index is 1300. The molecule has 0 aromatic heterocycles. The van der Waals surface area contributed by atoms with Gasteiger partial charge in [-0.25, -0.2) is 9.59 Å². The number of hydrogen-bond acceptors (Lipinski definition) is 7. The molecule has 4 rings (SSSR count). The molecule has 0 bridgehead atoms. The summed E-state index contributed by atoms with van der Waals surface area (Å²) in [6.45, 7) is 5.88. The van der Waals surface area contributed by atoms with Crippen molar-refractivity contribution in [1.82, 2.24) is 16.0 Å². The van der Waals surface area contributed by atoms with E-state index in [1.54, 1.807) is 26.8 Å². The van der Waals surface area contributed by atoms with Crippen LogP contribution in [0.3, 0.4) is 0 Å². The molecule has 3 amide bonds. The maximum Gasteiger partial charge on any atom is 0.412 e. The Balaban J connectivity index is 1.46. The van der Waals surface area contributed by atoms with E-state index in [-0.39, 0.29) is 19.1 Å². The molecule has 0 saturated heterocycles. The third kappa shape index (κ3) is 9.87. The monoisotopic (exact) mass is 577 g/mol. The summed E-state index contributed by atoms with van der Waals surface area (Å²) in [4.78, 5) is 39.0. The number of allylic oxidation sites excluding steroid dienone is 4. The summed E-state index contributed by atoms with van der Waals surface area (Å²) >= 11 is 0. The van der Waals surface area contributed by atoms with Gasteiger partial charge < -0.3 is 34.9 Å². The minimum atomic E-state index is -0.796. The second kappa shape index (κ2) is 14.4. The van der Waals surface area contributed by atoms with Gasteiger partial charge in [-0.15, -0.1) is 0 Å². The molecule has 0 radical (unpaired) electrons. The molecular formula is C32H39N3O7. The zero-order chi connectivity index (χ0) is 30.0. The highest BCUT2D eigenvalue weighted by molar-refractivity contribution is 5.78. The molecule has 3 N–H and O–H groups in total. The van der Waals surface area contributed by atoms with Gasteiger partial charge in [0.1, 0.15) is 11.4 Å². The fourth-order valence-corrected chi connectivity index (χ4v) is 4.59. The molecule has 1 aliphatic carbocycles. The molecule has 1 heterocycles. The van der Waals surface area contributed by atoms with Gasteiger partial charge in [0, 0.05) is 19.4 Å².